The molecule has 0 radical (unpaired) electrons. The Balaban J connectivity index is 1.61. The number of hydrogen-bond acceptors (Lipinski definition) is 6. The van der Waals surface area contributed by atoms with Gasteiger partial charge in [0.1, 0.15) is 17.2 Å². The number of nitrogens with zero attached hydrogens (tertiary/aromatic N) is 1. The van der Waals surface area contributed by atoms with E-state index in [2.05, 4.69) is 10.3 Å². The zero-order valence-electron chi connectivity index (χ0n) is 16.8. The summed E-state index contributed by atoms with van der Waals surface area (Å²) in [6.45, 7) is 1.83. The fourth-order valence-electron chi connectivity index (χ4n) is 3.10. The molecule has 2 heterocycles. The SMILES string of the molecule is COc1ccc(Oc2ncccc2NC(=O)c2oc3c(OC)cccc3c2C)cc1. The number of carbonyl (C=O) groups is 1. The van der Waals surface area contributed by atoms with Gasteiger partial charge in [-0.2, -0.15) is 0 Å². The molecule has 0 aliphatic heterocycles. The van der Waals surface area contributed by atoms with Crippen LogP contribution in [0.25, 0.3) is 11.0 Å². The molecule has 7 nitrogen and oxygen atoms in total. The van der Waals surface area contributed by atoms with E-state index in [0.29, 0.717) is 28.5 Å². The molecule has 0 atom stereocenters. The average Bonchev–Trinajstić information content (AvgIpc) is 3.12. The molecule has 1 N–H and O–H groups in total. The second-order valence-corrected chi connectivity index (χ2v) is 6.48. The molecule has 30 heavy (non-hydrogen) atoms. The van der Waals surface area contributed by atoms with Gasteiger partial charge in [0.2, 0.25) is 5.88 Å². The van der Waals surface area contributed by atoms with Crippen molar-refractivity contribution in [2.24, 2.45) is 0 Å². The quantitative estimate of drug-likeness (QED) is 0.476. The monoisotopic (exact) mass is 404 g/mol. The first-order valence-corrected chi connectivity index (χ1v) is 9.25. The zero-order chi connectivity index (χ0) is 21.1. The molecule has 0 bridgehead atoms. The summed E-state index contributed by atoms with van der Waals surface area (Å²) < 4.78 is 22.1. The average molecular weight is 404 g/mol. The first-order valence-electron chi connectivity index (χ1n) is 9.25. The van der Waals surface area contributed by atoms with Gasteiger partial charge in [-0.05, 0) is 49.4 Å². The highest BCUT2D eigenvalue weighted by Gasteiger charge is 2.21. The van der Waals surface area contributed by atoms with Gasteiger partial charge in [0.05, 0.1) is 14.2 Å². The summed E-state index contributed by atoms with van der Waals surface area (Å²) in [5.74, 6) is 1.91. The van der Waals surface area contributed by atoms with Crippen molar-refractivity contribution in [2.45, 2.75) is 6.92 Å². The van der Waals surface area contributed by atoms with E-state index in [1.807, 2.05) is 19.1 Å². The number of carbonyl (C=O) groups excluding carboxylic acids is 1. The van der Waals surface area contributed by atoms with Crippen molar-refractivity contribution >= 4 is 22.6 Å². The highest BCUT2D eigenvalue weighted by Crippen LogP contribution is 2.33. The van der Waals surface area contributed by atoms with Crippen LogP contribution in [-0.2, 0) is 0 Å². The third-order valence-electron chi connectivity index (χ3n) is 4.65. The van der Waals surface area contributed by atoms with Crippen molar-refractivity contribution < 1.29 is 23.4 Å². The number of rotatable bonds is 6. The Morgan fingerprint density at radius 3 is 2.47 bits per heavy atom. The van der Waals surface area contributed by atoms with Crippen LogP contribution in [-0.4, -0.2) is 25.1 Å². The Kier molecular flexibility index (Phi) is 5.26. The number of amides is 1. The molecule has 2 aromatic heterocycles. The van der Waals surface area contributed by atoms with Crippen LogP contribution in [0.3, 0.4) is 0 Å². The number of furan rings is 1. The number of aryl methyl sites for hydroxylation is 1. The maximum Gasteiger partial charge on any atom is 0.291 e. The lowest BCUT2D eigenvalue weighted by molar-refractivity contribution is 0.0997. The summed E-state index contributed by atoms with van der Waals surface area (Å²) in [5, 5.41) is 3.64. The van der Waals surface area contributed by atoms with Gasteiger partial charge in [-0.25, -0.2) is 4.98 Å². The number of hydrogen-bond donors (Lipinski definition) is 1. The van der Waals surface area contributed by atoms with E-state index in [9.17, 15) is 4.79 Å². The van der Waals surface area contributed by atoms with Gasteiger partial charge in [0.15, 0.2) is 17.1 Å². The molecule has 4 aromatic rings. The molecule has 0 saturated heterocycles. The van der Waals surface area contributed by atoms with Gasteiger partial charge in [-0.1, -0.05) is 12.1 Å². The van der Waals surface area contributed by atoms with Crippen LogP contribution < -0.4 is 19.5 Å². The van der Waals surface area contributed by atoms with Gasteiger partial charge in [0, 0.05) is 17.1 Å². The van der Waals surface area contributed by atoms with Crippen LogP contribution in [0, 0.1) is 6.92 Å². The molecule has 0 saturated carbocycles. The largest absolute Gasteiger partial charge is 0.497 e. The maximum absolute atomic E-state index is 12.9. The first kappa shape index (κ1) is 19.3. The number of aromatic nitrogens is 1. The van der Waals surface area contributed by atoms with Crippen molar-refractivity contribution in [1.29, 1.82) is 0 Å². The lowest BCUT2D eigenvalue weighted by atomic mass is 10.1. The zero-order valence-corrected chi connectivity index (χ0v) is 16.8. The summed E-state index contributed by atoms with van der Waals surface area (Å²) in [4.78, 5) is 17.2. The Hall–Kier alpha value is -4.00. The molecule has 0 unspecified atom stereocenters. The number of nitrogens with one attached hydrogen (secondary N) is 1. The fourth-order valence-corrected chi connectivity index (χ4v) is 3.10. The Morgan fingerprint density at radius 1 is 0.967 bits per heavy atom. The van der Waals surface area contributed by atoms with E-state index < -0.39 is 5.91 Å². The summed E-state index contributed by atoms with van der Waals surface area (Å²) in [7, 11) is 3.16. The molecular weight excluding hydrogens is 384 g/mol. The molecule has 0 aliphatic carbocycles. The third kappa shape index (κ3) is 3.65. The van der Waals surface area contributed by atoms with E-state index in [1.54, 1.807) is 62.9 Å². The molecular formula is C23H20N2O5. The molecule has 0 spiro atoms. The lowest BCUT2D eigenvalue weighted by Gasteiger charge is -2.11. The summed E-state index contributed by atoms with van der Waals surface area (Å²) in [6.07, 6.45) is 1.59. The van der Waals surface area contributed by atoms with Crippen molar-refractivity contribution in [3.8, 4) is 23.1 Å². The fraction of sp³-hybridized carbons (Fsp3) is 0.130. The Labute approximate surface area is 173 Å². The van der Waals surface area contributed by atoms with Crippen molar-refractivity contribution in [3.63, 3.8) is 0 Å². The topological polar surface area (TPSA) is 82.8 Å². The Bertz CT molecular complexity index is 1200. The normalized spacial score (nSPS) is 10.6. The van der Waals surface area contributed by atoms with E-state index in [1.165, 1.54) is 0 Å². The van der Waals surface area contributed by atoms with E-state index in [0.717, 1.165) is 10.9 Å². The van der Waals surface area contributed by atoms with Gasteiger partial charge in [-0.15, -0.1) is 0 Å². The predicted octanol–water partition coefficient (Wildman–Crippen LogP) is 5.20. The van der Waals surface area contributed by atoms with E-state index in [4.69, 9.17) is 18.6 Å². The van der Waals surface area contributed by atoms with Crippen molar-refractivity contribution in [2.75, 3.05) is 19.5 Å². The molecule has 0 aliphatic rings. The number of benzene rings is 2. The highest BCUT2D eigenvalue weighted by atomic mass is 16.5. The summed E-state index contributed by atoms with van der Waals surface area (Å²) in [5.41, 5.74) is 1.68. The number of fused-ring (bicyclic) bond motifs is 1. The number of ether oxygens (including phenoxy) is 3. The van der Waals surface area contributed by atoms with E-state index >= 15 is 0 Å². The standard InChI is InChI=1S/C23H20N2O5/c1-14-17-6-4-8-19(28-3)21(17)30-20(14)22(26)25-18-7-5-13-24-23(18)29-16-11-9-15(27-2)10-12-16/h4-13H,1-3H3,(H,25,26). The molecule has 1 amide bonds. The van der Waals surface area contributed by atoms with Crippen LogP contribution >= 0.6 is 0 Å². The third-order valence-corrected chi connectivity index (χ3v) is 4.65. The van der Waals surface area contributed by atoms with Gasteiger partial charge < -0.3 is 23.9 Å². The van der Waals surface area contributed by atoms with Gasteiger partial charge >= 0.3 is 0 Å². The van der Waals surface area contributed by atoms with E-state index in [-0.39, 0.29) is 11.6 Å². The second kappa shape index (κ2) is 8.16. The van der Waals surface area contributed by atoms with Crippen LogP contribution in [0.1, 0.15) is 16.1 Å². The van der Waals surface area contributed by atoms with Crippen LogP contribution in [0.5, 0.6) is 23.1 Å². The minimum Gasteiger partial charge on any atom is -0.497 e. The van der Waals surface area contributed by atoms with Crippen LogP contribution in [0.2, 0.25) is 0 Å². The van der Waals surface area contributed by atoms with Crippen molar-refractivity contribution in [3.05, 3.63) is 72.1 Å². The molecule has 2 aromatic carbocycles. The van der Waals surface area contributed by atoms with Gasteiger partial charge in [0.25, 0.3) is 5.91 Å². The smallest absolute Gasteiger partial charge is 0.291 e. The minimum absolute atomic E-state index is 0.203. The summed E-state index contributed by atoms with van der Waals surface area (Å²) >= 11 is 0. The number of para-hydroxylation sites is 1. The second-order valence-electron chi connectivity index (χ2n) is 6.48. The molecule has 152 valence electrons. The molecule has 4 rings (SSSR count). The lowest BCUT2D eigenvalue weighted by Crippen LogP contribution is -2.13. The van der Waals surface area contributed by atoms with Gasteiger partial charge in [-0.3, -0.25) is 4.79 Å². The maximum atomic E-state index is 12.9. The minimum atomic E-state index is -0.404. The number of methoxy groups -OCH3 is 2. The molecule has 7 heteroatoms. The van der Waals surface area contributed by atoms with Crippen molar-refractivity contribution in [1.82, 2.24) is 4.98 Å². The number of pyridine rings is 1. The Morgan fingerprint density at radius 2 is 1.73 bits per heavy atom. The number of anilines is 1. The van der Waals surface area contributed by atoms with Crippen LogP contribution in [0.4, 0.5) is 5.69 Å². The predicted molar refractivity (Wildman–Crippen MR) is 113 cm³/mol. The highest BCUT2D eigenvalue weighted by molar-refractivity contribution is 6.07. The van der Waals surface area contributed by atoms with Crippen LogP contribution in [0.15, 0.2) is 65.2 Å². The molecule has 0 fully saturated rings. The first-order chi connectivity index (χ1) is 14.6. The summed E-state index contributed by atoms with van der Waals surface area (Å²) in [6, 6.07) is 16.0.